The first-order chi connectivity index (χ1) is 10.4. The zero-order chi connectivity index (χ0) is 14.5. The molecule has 1 heterocycles. The molecule has 1 aliphatic carbocycles. The normalized spacial score (nSPS) is 26.5. The third-order valence-electron chi connectivity index (χ3n) is 5.13. The van der Waals surface area contributed by atoms with Gasteiger partial charge in [0.25, 0.3) is 0 Å². The molecular formula is C19H29NO. The first-order valence-corrected chi connectivity index (χ1v) is 8.79. The number of ether oxygens (including phenoxy) is 1. The minimum atomic E-state index is 0.493. The van der Waals surface area contributed by atoms with Gasteiger partial charge in [0, 0.05) is 12.6 Å². The molecule has 2 aliphatic rings. The van der Waals surface area contributed by atoms with Crippen LogP contribution < -0.4 is 5.32 Å². The van der Waals surface area contributed by atoms with Crippen molar-refractivity contribution < 1.29 is 4.74 Å². The maximum Gasteiger partial charge on any atom is 0.0590 e. The molecule has 1 saturated heterocycles. The number of rotatable bonds is 6. The van der Waals surface area contributed by atoms with Crippen LogP contribution in [-0.4, -0.2) is 25.3 Å². The smallest absolute Gasteiger partial charge is 0.0590 e. The average Bonchev–Trinajstić information content (AvgIpc) is 3.01. The fourth-order valence-electron chi connectivity index (χ4n) is 4.14. The zero-order valence-corrected chi connectivity index (χ0v) is 13.3. The fraction of sp³-hybridized carbons (Fsp3) is 0.684. The summed E-state index contributed by atoms with van der Waals surface area (Å²) in [6.45, 7) is 4.25. The molecule has 0 spiro atoms. The van der Waals surface area contributed by atoms with Crippen molar-refractivity contribution in [2.24, 2.45) is 0 Å². The molecule has 1 aliphatic heterocycles. The summed E-state index contributed by atoms with van der Waals surface area (Å²) in [4.78, 5) is 0. The Hall–Kier alpha value is -0.860. The van der Waals surface area contributed by atoms with E-state index in [1.54, 1.807) is 11.1 Å². The molecule has 0 bridgehead atoms. The maximum atomic E-state index is 5.85. The van der Waals surface area contributed by atoms with Gasteiger partial charge >= 0.3 is 0 Å². The van der Waals surface area contributed by atoms with E-state index in [0.717, 1.165) is 19.1 Å². The van der Waals surface area contributed by atoms with Crippen LogP contribution in [-0.2, 0) is 11.2 Å². The van der Waals surface area contributed by atoms with Gasteiger partial charge in [-0.3, -0.25) is 0 Å². The molecule has 3 unspecified atom stereocenters. The first-order valence-electron chi connectivity index (χ1n) is 8.79. The third-order valence-corrected chi connectivity index (χ3v) is 5.13. The Labute approximate surface area is 129 Å². The highest BCUT2D eigenvalue weighted by molar-refractivity contribution is 5.32. The zero-order valence-electron chi connectivity index (χ0n) is 13.3. The van der Waals surface area contributed by atoms with Crippen LogP contribution in [0.4, 0.5) is 0 Å². The molecule has 0 aromatic heterocycles. The Bertz CT molecular complexity index is 439. The summed E-state index contributed by atoms with van der Waals surface area (Å²) in [6, 6.07) is 9.68. The number of fused-ring (bicyclic) bond motifs is 1. The Balaban J connectivity index is 1.65. The highest BCUT2D eigenvalue weighted by atomic mass is 16.5. The maximum absolute atomic E-state index is 5.85. The minimum absolute atomic E-state index is 0.493. The van der Waals surface area contributed by atoms with E-state index >= 15 is 0 Å². The number of aryl methyl sites for hydroxylation is 1. The van der Waals surface area contributed by atoms with Gasteiger partial charge in [-0.05, 0) is 68.5 Å². The van der Waals surface area contributed by atoms with Crippen LogP contribution in [0, 0.1) is 0 Å². The highest BCUT2D eigenvalue weighted by Gasteiger charge is 2.26. The summed E-state index contributed by atoms with van der Waals surface area (Å²) >= 11 is 0. The molecule has 116 valence electrons. The van der Waals surface area contributed by atoms with E-state index in [4.69, 9.17) is 4.74 Å². The van der Waals surface area contributed by atoms with Gasteiger partial charge in [0.2, 0.25) is 0 Å². The Kier molecular flexibility index (Phi) is 5.32. The SMILES string of the molecule is CCNC(CC1CCCO1)CC1CCCc2ccccc21. The van der Waals surface area contributed by atoms with Crippen molar-refractivity contribution in [3.8, 4) is 0 Å². The van der Waals surface area contributed by atoms with Crippen molar-refractivity contribution in [2.45, 2.75) is 69.9 Å². The van der Waals surface area contributed by atoms with Crippen molar-refractivity contribution in [2.75, 3.05) is 13.2 Å². The largest absolute Gasteiger partial charge is 0.378 e. The summed E-state index contributed by atoms with van der Waals surface area (Å²) < 4.78 is 5.85. The van der Waals surface area contributed by atoms with Crippen molar-refractivity contribution in [1.82, 2.24) is 5.32 Å². The van der Waals surface area contributed by atoms with Crippen LogP contribution in [0.15, 0.2) is 24.3 Å². The van der Waals surface area contributed by atoms with Gasteiger partial charge in [-0.2, -0.15) is 0 Å². The van der Waals surface area contributed by atoms with Crippen LogP contribution in [0.1, 0.15) is 62.5 Å². The lowest BCUT2D eigenvalue weighted by Gasteiger charge is -2.30. The molecule has 2 nitrogen and oxygen atoms in total. The van der Waals surface area contributed by atoms with Gasteiger partial charge in [0.1, 0.15) is 0 Å². The van der Waals surface area contributed by atoms with Crippen molar-refractivity contribution >= 4 is 0 Å². The van der Waals surface area contributed by atoms with Crippen LogP contribution in [0.3, 0.4) is 0 Å². The quantitative estimate of drug-likeness (QED) is 0.852. The van der Waals surface area contributed by atoms with E-state index in [9.17, 15) is 0 Å². The molecule has 3 rings (SSSR count). The first kappa shape index (κ1) is 15.1. The Morgan fingerprint density at radius 3 is 2.90 bits per heavy atom. The molecular weight excluding hydrogens is 258 g/mol. The minimum Gasteiger partial charge on any atom is -0.378 e. The molecule has 1 fully saturated rings. The molecule has 0 amide bonds. The monoisotopic (exact) mass is 287 g/mol. The van der Waals surface area contributed by atoms with Crippen LogP contribution in [0.2, 0.25) is 0 Å². The van der Waals surface area contributed by atoms with Crippen molar-refractivity contribution in [3.63, 3.8) is 0 Å². The summed E-state index contributed by atoms with van der Waals surface area (Å²) in [5.41, 5.74) is 3.19. The average molecular weight is 287 g/mol. The van der Waals surface area contributed by atoms with Crippen LogP contribution in [0.25, 0.3) is 0 Å². The van der Waals surface area contributed by atoms with E-state index in [2.05, 4.69) is 36.5 Å². The standard InChI is InChI=1S/C19H29NO/c1-2-20-17(14-18-10-6-12-21-18)13-16-9-5-8-15-7-3-4-11-19(15)16/h3-4,7,11,16-18,20H,2,5-6,8-10,12-14H2,1H3. The Morgan fingerprint density at radius 1 is 1.19 bits per heavy atom. The molecule has 1 aromatic carbocycles. The molecule has 2 heteroatoms. The van der Waals surface area contributed by atoms with E-state index in [1.165, 1.54) is 44.9 Å². The molecule has 0 radical (unpaired) electrons. The van der Waals surface area contributed by atoms with Gasteiger partial charge in [-0.15, -0.1) is 0 Å². The van der Waals surface area contributed by atoms with E-state index in [1.807, 2.05) is 0 Å². The van der Waals surface area contributed by atoms with E-state index in [-0.39, 0.29) is 0 Å². The predicted octanol–water partition coefficient (Wildman–Crippen LogP) is 4.04. The number of nitrogens with one attached hydrogen (secondary N) is 1. The second kappa shape index (κ2) is 7.42. The molecule has 0 saturated carbocycles. The Morgan fingerprint density at radius 2 is 2.10 bits per heavy atom. The molecule has 21 heavy (non-hydrogen) atoms. The van der Waals surface area contributed by atoms with Gasteiger partial charge in [-0.25, -0.2) is 0 Å². The van der Waals surface area contributed by atoms with E-state index in [0.29, 0.717) is 12.1 Å². The summed E-state index contributed by atoms with van der Waals surface area (Å²) in [6.07, 6.45) is 9.42. The molecule has 3 atom stereocenters. The second-order valence-corrected chi connectivity index (χ2v) is 6.65. The van der Waals surface area contributed by atoms with Crippen LogP contribution in [0.5, 0.6) is 0 Å². The molecule has 1 aromatic rings. The predicted molar refractivity (Wildman–Crippen MR) is 87.8 cm³/mol. The molecule has 1 N–H and O–H groups in total. The highest BCUT2D eigenvalue weighted by Crippen LogP contribution is 2.35. The van der Waals surface area contributed by atoms with Crippen molar-refractivity contribution in [1.29, 1.82) is 0 Å². The number of hydrogen-bond acceptors (Lipinski definition) is 2. The van der Waals surface area contributed by atoms with E-state index < -0.39 is 0 Å². The van der Waals surface area contributed by atoms with Crippen molar-refractivity contribution in [3.05, 3.63) is 35.4 Å². The lowest BCUT2D eigenvalue weighted by atomic mass is 9.79. The summed E-state index contributed by atoms with van der Waals surface area (Å²) in [5.74, 6) is 0.736. The van der Waals surface area contributed by atoms with Gasteiger partial charge in [-0.1, -0.05) is 31.2 Å². The number of hydrogen-bond donors (Lipinski definition) is 1. The number of benzene rings is 1. The topological polar surface area (TPSA) is 21.3 Å². The van der Waals surface area contributed by atoms with Crippen LogP contribution >= 0.6 is 0 Å². The summed E-state index contributed by atoms with van der Waals surface area (Å²) in [5, 5.41) is 3.71. The summed E-state index contributed by atoms with van der Waals surface area (Å²) in [7, 11) is 0. The lowest BCUT2D eigenvalue weighted by Crippen LogP contribution is -2.34. The lowest BCUT2D eigenvalue weighted by molar-refractivity contribution is 0.0927. The van der Waals surface area contributed by atoms with Gasteiger partial charge < -0.3 is 10.1 Å². The van der Waals surface area contributed by atoms with Gasteiger partial charge in [0.15, 0.2) is 0 Å². The van der Waals surface area contributed by atoms with Gasteiger partial charge in [0.05, 0.1) is 6.10 Å². The second-order valence-electron chi connectivity index (χ2n) is 6.65. The third kappa shape index (κ3) is 3.87. The fourth-order valence-corrected chi connectivity index (χ4v) is 4.14.